The Balaban J connectivity index is 0.920. The van der Waals surface area contributed by atoms with E-state index < -0.39 is 0 Å². The lowest BCUT2D eigenvalue weighted by atomic mass is 9.84. The third kappa shape index (κ3) is 7.52. The maximum absolute atomic E-state index is 2.44. The molecule has 1 aliphatic rings. The minimum absolute atomic E-state index is 1.08. The Morgan fingerprint density at radius 3 is 1.44 bits per heavy atom. The third-order valence-corrected chi connectivity index (χ3v) is 14.8. The molecule has 1 heterocycles. The van der Waals surface area contributed by atoms with E-state index in [1.54, 1.807) is 0 Å². The van der Waals surface area contributed by atoms with Crippen LogP contribution in [-0.2, 0) is 0 Å². The molecule has 2 nitrogen and oxygen atoms in total. The fraction of sp³-hybridized carbons (Fsp3) is 0.0571. The Morgan fingerprint density at radius 1 is 0.361 bits per heavy atom. The monoisotopic (exact) mass is 920 g/mol. The van der Waals surface area contributed by atoms with Crippen LogP contribution in [0, 0.1) is 13.8 Å². The minimum atomic E-state index is 1.08. The molecule has 1 aromatic heterocycles. The number of anilines is 3. The minimum Gasteiger partial charge on any atom is -0.310 e. The smallest absolute Gasteiger partial charge is 0.0541 e. The summed E-state index contributed by atoms with van der Waals surface area (Å²) in [5.74, 6) is 0. The summed E-state index contributed by atoms with van der Waals surface area (Å²) in [4.78, 5) is 2.42. The SMILES string of the molecule is Cc1cc(N(c2ccccc2)c2ccc(-n3c4ccc(C5=CCCC=C5)cc4c4cc(-c5ccccc5)ccc43)cc2)c(C)cc1-c1c2ccccc2c(-c2ccc(-c3ccccc3)cc2)c2ccccc12. The number of nitrogens with zero attached hydrogens (tertiary/aromatic N) is 2. The number of hydrogen-bond acceptors (Lipinski definition) is 1. The van der Waals surface area contributed by atoms with Crippen LogP contribution in [0.1, 0.15) is 29.5 Å². The van der Waals surface area contributed by atoms with Crippen molar-refractivity contribution in [2.45, 2.75) is 26.7 Å². The molecule has 72 heavy (non-hydrogen) atoms. The van der Waals surface area contributed by atoms with Crippen LogP contribution in [0.15, 0.2) is 255 Å². The van der Waals surface area contributed by atoms with Gasteiger partial charge in [0.05, 0.1) is 11.0 Å². The van der Waals surface area contributed by atoms with Gasteiger partial charge >= 0.3 is 0 Å². The average molecular weight is 921 g/mol. The Morgan fingerprint density at radius 2 is 0.847 bits per heavy atom. The van der Waals surface area contributed by atoms with Crippen LogP contribution in [0.25, 0.3) is 99.1 Å². The van der Waals surface area contributed by atoms with Gasteiger partial charge in [0, 0.05) is 33.5 Å². The number of rotatable bonds is 9. The molecular formula is C70H52N2. The highest BCUT2D eigenvalue weighted by atomic mass is 15.1. The number of benzene rings is 11. The Kier molecular flexibility index (Phi) is 10.8. The first-order valence-corrected chi connectivity index (χ1v) is 25.2. The molecule has 2 heteroatoms. The fourth-order valence-corrected chi connectivity index (χ4v) is 11.4. The van der Waals surface area contributed by atoms with E-state index >= 15 is 0 Å². The quantitative estimate of drug-likeness (QED) is 0.131. The Bertz CT molecular complexity index is 4010. The average Bonchev–Trinajstić information content (AvgIpc) is 3.77. The molecule has 11 aromatic carbocycles. The molecule has 0 amide bonds. The van der Waals surface area contributed by atoms with Gasteiger partial charge in [-0.1, -0.05) is 182 Å². The predicted octanol–water partition coefficient (Wildman–Crippen LogP) is 19.6. The van der Waals surface area contributed by atoms with Crippen LogP contribution in [0.3, 0.4) is 0 Å². The first-order chi connectivity index (χ1) is 35.6. The zero-order valence-electron chi connectivity index (χ0n) is 40.6. The highest BCUT2D eigenvalue weighted by Gasteiger charge is 2.22. The molecule has 0 saturated heterocycles. The van der Waals surface area contributed by atoms with Gasteiger partial charge in [-0.05, 0) is 188 Å². The molecule has 0 N–H and O–H groups in total. The van der Waals surface area contributed by atoms with Gasteiger partial charge in [-0.3, -0.25) is 0 Å². The maximum atomic E-state index is 2.44. The van der Waals surface area contributed by atoms with E-state index in [4.69, 9.17) is 0 Å². The summed E-state index contributed by atoms with van der Waals surface area (Å²) in [6.45, 7) is 4.55. The molecule has 0 aliphatic heterocycles. The summed E-state index contributed by atoms with van der Waals surface area (Å²) >= 11 is 0. The van der Waals surface area contributed by atoms with Crippen LogP contribution in [0.4, 0.5) is 17.1 Å². The van der Waals surface area contributed by atoms with Crippen molar-refractivity contribution in [2.24, 2.45) is 0 Å². The van der Waals surface area contributed by atoms with Gasteiger partial charge in [0.2, 0.25) is 0 Å². The van der Waals surface area contributed by atoms with E-state index in [0.29, 0.717) is 0 Å². The van der Waals surface area contributed by atoms with E-state index in [-0.39, 0.29) is 0 Å². The fourth-order valence-electron chi connectivity index (χ4n) is 11.4. The summed E-state index contributed by atoms with van der Waals surface area (Å²) in [7, 11) is 0. The number of para-hydroxylation sites is 1. The lowest BCUT2D eigenvalue weighted by Crippen LogP contribution is -2.12. The number of aryl methyl sites for hydroxylation is 2. The largest absolute Gasteiger partial charge is 0.310 e. The zero-order valence-corrected chi connectivity index (χ0v) is 40.6. The van der Waals surface area contributed by atoms with Crippen molar-refractivity contribution in [1.82, 2.24) is 4.57 Å². The van der Waals surface area contributed by atoms with E-state index in [9.17, 15) is 0 Å². The topological polar surface area (TPSA) is 8.17 Å². The highest BCUT2D eigenvalue weighted by Crippen LogP contribution is 2.47. The van der Waals surface area contributed by atoms with Gasteiger partial charge in [0.1, 0.15) is 0 Å². The normalized spacial score (nSPS) is 12.5. The molecule has 0 atom stereocenters. The van der Waals surface area contributed by atoms with Crippen molar-refractivity contribution < 1.29 is 0 Å². The molecule has 0 bridgehead atoms. The molecule has 12 aromatic rings. The second-order valence-electron chi connectivity index (χ2n) is 19.2. The number of allylic oxidation sites excluding steroid dienone is 4. The van der Waals surface area contributed by atoms with Crippen molar-refractivity contribution in [3.8, 4) is 50.2 Å². The van der Waals surface area contributed by atoms with Gasteiger partial charge in [-0.25, -0.2) is 0 Å². The number of hydrogen-bond donors (Lipinski definition) is 0. The molecule has 0 spiro atoms. The maximum Gasteiger partial charge on any atom is 0.0541 e. The van der Waals surface area contributed by atoms with Crippen molar-refractivity contribution >= 4 is 66.0 Å². The first-order valence-electron chi connectivity index (χ1n) is 25.2. The van der Waals surface area contributed by atoms with E-state index in [1.807, 2.05) is 0 Å². The summed E-state index contributed by atoms with van der Waals surface area (Å²) in [6.07, 6.45) is 9.13. The summed E-state index contributed by atoms with van der Waals surface area (Å²) in [6, 6.07) is 87.2. The zero-order chi connectivity index (χ0) is 48.1. The van der Waals surface area contributed by atoms with Crippen LogP contribution in [0.2, 0.25) is 0 Å². The van der Waals surface area contributed by atoms with Crippen LogP contribution >= 0.6 is 0 Å². The second kappa shape index (κ2) is 18.1. The number of aromatic nitrogens is 1. The van der Waals surface area contributed by atoms with E-state index in [2.05, 4.69) is 278 Å². The standard InChI is InChI=1S/C70H52N2/c1-47-44-68(48(2)43-63(47)70-61-29-17-15-27-59(61)69(60-28-16-18-30-62(60)70)53-33-31-52(32-34-53)49-19-7-3-8-20-49)71(56-25-13-6-14-26-56)57-37-39-58(40-38-57)72-66-41-35-54(50-21-9-4-10-22-50)45-64(66)65-46-55(36-42-67(65)72)51-23-11-5-12-24-51/h3-4,6-11,13-46H,5,12H2,1-2H3. The van der Waals surface area contributed by atoms with Gasteiger partial charge in [-0.15, -0.1) is 0 Å². The van der Waals surface area contributed by atoms with Crippen LogP contribution < -0.4 is 4.90 Å². The molecule has 0 radical (unpaired) electrons. The molecule has 13 rings (SSSR count). The highest BCUT2D eigenvalue weighted by molar-refractivity contribution is 6.22. The van der Waals surface area contributed by atoms with E-state index in [0.717, 1.165) is 35.6 Å². The van der Waals surface area contributed by atoms with Crippen LogP contribution in [0.5, 0.6) is 0 Å². The molecule has 342 valence electrons. The van der Waals surface area contributed by atoms with E-state index in [1.165, 1.54) is 110 Å². The predicted molar refractivity (Wildman–Crippen MR) is 308 cm³/mol. The van der Waals surface area contributed by atoms with Crippen molar-refractivity contribution in [3.05, 3.63) is 272 Å². The molecule has 0 saturated carbocycles. The lowest BCUT2D eigenvalue weighted by molar-refractivity contribution is 1.04. The van der Waals surface area contributed by atoms with Gasteiger partial charge in [0.15, 0.2) is 0 Å². The molecule has 0 fully saturated rings. The molecule has 0 unspecified atom stereocenters. The molecular weight excluding hydrogens is 869 g/mol. The molecule has 1 aliphatic carbocycles. The summed E-state index contributed by atoms with van der Waals surface area (Å²) < 4.78 is 2.44. The van der Waals surface area contributed by atoms with Crippen molar-refractivity contribution in [3.63, 3.8) is 0 Å². The lowest BCUT2D eigenvalue weighted by Gasteiger charge is -2.29. The third-order valence-electron chi connectivity index (χ3n) is 14.8. The van der Waals surface area contributed by atoms with Crippen molar-refractivity contribution in [1.29, 1.82) is 0 Å². The van der Waals surface area contributed by atoms with Crippen molar-refractivity contribution in [2.75, 3.05) is 4.90 Å². The Labute approximate surface area is 421 Å². The summed E-state index contributed by atoms with van der Waals surface area (Å²) in [5.41, 5.74) is 21.8. The van der Waals surface area contributed by atoms with Crippen LogP contribution in [-0.4, -0.2) is 4.57 Å². The van der Waals surface area contributed by atoms with Gasteiger partial charge < -0.3 is 9.47 Å². The van der Waals surface area contributed by atoms with Gasteiger partial charge in [0.25, 0.3) is 0 Å². The van der Waals surface area contributed by atoms with Gasteiger partial charge in [-0.2, -0.15) is 0 Å². The number of fused-ring (bicyclic) bond motifs is 5. The Hall–Kier alpha value is -8.98. The second-order valence-corrected chi connectivity index (χ2v) is 19.2. The summed E-state index contributed by atoms with van der Waals surface area (Å²) in [5, 5.41) is 7.53. The first kappa shape index (κ1) is 43.1.